The quantitative estimate of drug-likeness (QED) is 0.383. The van der Waals surface area contributed by atoms with Gasteiger partial charge in [0.1, 0.15) is 0 Å². The zero-order valence-corrected chi connectivity index (χ0v) is 26.9. The largest absolute Gasteiger partial charge is 0 e. The van der Waals surface area contributed by atoms with Crippen molar-refractivity contribution in [2.24, 2.45) is 0 Å². The SMILES string of the molecule is C[Si](C)(C)c1cc([Si](C)(C)C)[c-]([Se][c-]2cc([Si](C)(C)C)cc2[Si](C)(C)C)c1.[Fe]. The molecule has 0 unspecified atom stereocenters. The van der Waals surface area contributed by atoms with Crippen LogP contribution in [0.15, 0.2) is 24.3 Å². The van der Waals surface area contributed by atoms with Crippen LogP contribution in [0.5, 0.6) is 0 Å². The Kier molecular flexibility index (Phi) is 8.20. The van der Waals surface area contributed by atoms with Crippen molar-refractivity contribution in [1.29, 1.82) is 0 Å². The molecule has 2 rings (SSSR count). The van der Waals surface area contributed by atoms with Crippen LogP contribution in [-0.4, -0.2) is 47.3 Å². The van der Waals surface area contributed by atoms with E-state index in [-0.39, 0.29) is 17.1 Å². The maximum absolute atomic E-state index is 2.62. The minimum atomic E-state index is -1.32. The van der Waals surface area contributed by atoms with Crippen molar-refractivity contribution in [2.75, 3.05) is 0 Å². The van der Waals surface area contributed by atoms with Gasteiger partial charge in [0.05, 0.1) is 0 Å². The summed E-state index contributed by atoms with van der Waals surface area (Å²) in [5.74, 6) is 0. The monoisotopic (exact) mass is 552 g/mol. The summed E-state index contributed by atoms with van der Waals surface area (Å²) in [6.07, 6.45) is 0. The second-order valence-electron chi connectivity index (χ2n) is 12.1. The van der Waals surface area contributed by atoms with Gasteiger partial charge in [0, 0.05) is 17.1 Å². The van der Waals surface area contributed by atoms with Crippen molar-refractivity contribution in [2.45, 2.75) is 78.6 Å². The van der Waals surface area contributed by atoms with Gasteiger partial charge in [-0.2, -0.15) is 0 Å². The van der Waals surface area contributed by atoms with Gasteiger partial charge >= 0.3 is 180 Å². The van der Waals surface area contributed by atoms with Crippen LogP contribution in [0.2, 0.25) is 78.6 Å². The Bertz CT molecular complexity index is 737. The average Bonchev–Trinajstić information content (AvgIpc) is 3.00. The smallest absolute Gasteiger partial charge is 0 e. The van der Waals surface area contributed by atoms with Gasteiger partial charge in [0.15, 0.2) is 0 Å². The molecule has 0 heterocycles. The average molecular weight is 552 g/mol. The molecule has 2 aromatic carbocycles. The zero-order chi connectivity index (χ0) is 21.0. The number of hydrogen-bond acceptors (Lipinski definition) is 0. The first kappa shape index (κ1) is 26.6. The Hall–Kier alpha value is 0.606. The fourth-order valence-electron chi connectivity index (χ4n) is 3.30. The molecule has 28 heavy (non-hydrogen) atoms. The minimum absolute atomic E-state index is 0. The molecule has 160 valence electrons. The molecule has 0 aliphatic heterocycles. The van der Waals surface area contributed by atoms with E-state index in [0.717, 1.165) is 0 Å². The van der Waals surface area contributed by atoms with Crippen LogP contribution in [0, 0.1) is 0 Å². The van der Waals surface area contributed by atoms with Crippen molar-refractivity contribution in [3.8, 4) is 0 Å². The normalized spacial score (nSPS) is 13.6. The Balaban J connectivity index is 0.00000392. The third kappa shape index (κ3) is 6.30. The van der Waals surface area contributed by atoms with Gasteiger partial charge < -0.3 is 0 Å². The molecule has 0 aromatic heterocycles. The van der Waals surface area contributed by atoms with E-state index in [4.69, 9.17) is 0 Å². The van der Waals surface area contributed by atoms with E-state index >= 15 is 0 Å². The topological polar surface area (TPSA) is 0 Å². The van der Waals surface area contributed by atoms with Gasteiger partial charge in [0.2, 0.25) is 0 Å². The van der Waals surface area contributed by atoms with Gasteiger partial charge in [0.25, 0.3) is 0 Å². The molecule has 0 radical (unpaired) electrons. The minimum Gasteiger partial charge on any atom is 0 e. The summed E-state index contributed by atoms with van der Waals surface area (Å²) >= 11 is 0.445. The fraction of sp³-hybridized carbons (Fsp3) is 0.545. The van der Waals surface area contributed by atoms with Crippen LogP contribution in [0.25, 0.3) is 0 Å². The van der Waals surface area contributed by atoms with Crippen molar-refractivity contribution in [3.63, 3.8) is 0 Å². The Morgan fingerprint density at radius 3 is 1.04 bits per heavy atom. The standard InChI is InChI=1S/C22H40SeSi4.Fe/c1-24(2,3)17-13-19(21(15-17)26(7,8)9)23-20-14-18(25(4,5)6)16-22(20)27(10,11)12;/h13-16H,1-12H3;/q-2;. The molecule has 0 nitrogen and oxygen atoms in total. The van der Waals surface area contributed by atoms with Crippen molar-refractivity contribution < 1.29 is 17.1 Å². The third-order valence-electron chi connectivity index (χ3n) is 5.27. The van der Waals surface area contributed by atoms with E-state index in [1.54, 1.807) is 29.7 Å². The number of rotatable bonds is 6. The summed E-state index contributed by atoms with van der Waals surface area (Å²) in [7, 11) is -5.18. The Labute approximate surface area is 195 Å². The second kappa shape index (κ2) is 8.62. The van der Waals surface area contributed by atoms with Crippen LogP contribution in [0.3, 0.4) is 0 Å². The van der Waals surface area contributed by atoms with Gasteiger partial charge in [-0.05, 0) is 0 Å². The predicted molar refractivity (Wildman–Crippen MR) is 141 cm³/mol. The van der Waals surface area contributed by atoms with Crippen LogP contribution in [-0.2, 0) is 17.1 Å². The summed E-state index contributed by atoms with van der Waals surface area (Å²) < 4.78 is 3.40. The van der Waals surface area contributed by atoms with Gasteiger partial charge in [-0.25, -0.2) is 0 Å². The molecule has 0 saturated heterocycles. The maximum Gasteiger partial charge on any atom is 0 e. The summed E-state index contributed by atoms with van der Waals surface area (Å²) in [5, 5.41) is 6.81. The summed E-state index contributed by atoms with van der Waals surface area (Å²) in [6.45, 7) is 30.1. The molecule has 0 fully saturated rings. The van der Waals surface area contributed by atoms with Crippen LogP contribution in [0.1, 0.15) is 0 Å². The molecule has 0 atom stereocenters. The first-order chi connectivity index (χ1) is 11.9. The Morgan fingerprint density at radius 1 is 0.536 bits per heavy atom. The van der Waals surface area contributed by atoms with Gasteiger partial charge in [-0.15, -0.1) is 0 Å². The Morgan fingerprint density at radius 2 is 0.821 bits per heavy atom. The molecule has 0 amide bonds. The second-order valence-corrected chi connectivity index (χ2v) is 34.7. The molecule has 0 bridgehead atoms. The van der Waals surface area contributed by atoms with Crippen molar-refractivity contribution in [1.82, 2.24) is 0 Å². The fourth-order valence-corrected chi connectivity index (χ4v) is 15.5. The zero-order valence-electron chi connectivity index (χ0n) is 20.1. The molecule has 0 N–H and O–H groups in total. The summed E-state index contributed by atoms with van der Waals surface area (Å²) in [4.78, 5) is 0. The van der Waals surface area contributed by atoms with Crippen molar-refractivity contribution >= 4 is 76.9 Å². The molecular formula is C22H40FeSeSi4-2. The van der Waals surface area contributed by atoms with E-state index in [1.165, 1.54) is 0 Å². The predicted octanol–water partition coefficient (Wildman–Crippen LogP) is 2.96. The molecule has 0 aliphatic carbocycles. The van der Waals surface area contributed by atoms with E-state index in [9.17, 15) is 0 Å². The molecule has 6 heteroatoms. The third-order valence-corrected chi connectivity index (χ3v) is 16.5. The van der Waals surface area contributed by atoms with E-state index < -0.39 is 32.3 Å². The van der Waals surface area contributed by atoms with Crippen LogP contribution >= 0.6 is 0 Å². The van der Waals surface area contributed by atoms with E-state index in [1.807, 2.05) is 0 Å². The van der Waals surface area contributed by atoms with Crippen LogP contribution in [0.4, 0.5) is 0 Å². The first-order valence-electron chi connectivity index (χ1n) is 10.2. The molecular weight excluding hydrogens is 511 g/mol. The van der Waals surface area contributed by atoms with Gasteiger partial charge in [-0.1, -0.05) is 0 Å². The first-order valence-corrected chi connectivity index (χ1v) is 25.9. The molecule has 0 saturated carbocycles. The molecule has 0 spiro atoms. The van der Waals surface area contributed by atoms with Crippen molar-refractivity contribution in [3.05, 3.63) is 24.3 Å². The maximum atomic E-state index is 2.62. The molecule has 2 aromatic rings. The summed E-state index contributed by atoms with van der Waals surface area (Å²) in [6, 6.07) is 10.5. The summed E-state index contributed by atoms with van der Waals surface area (Å²) in [5.41, 5.74) is 0. The number of hydrogen-bond donors (Lipinski definition) is 0. The van der Waals surface area contributed by atoms with E-state index in [2.05, 4.69) is 103 Å². The van der Waals surface area contributed by atoms with Gasteiger partial charge in [-0.3, -0.25) is 0 Å². The molecule has 0 aliphatic rings. The van der Waals surface area contributed by atoms with E-state index in [0.29, 0.717) is 15.0 Å². The van der Waals surface area contributed by atoms with Crippen LogP contribution < -0.4 is 29.7 Å².